The van der Waals surface area contributed by atoms with Crippen molar-refractivity contribution in [3.05, 3.63) is 16.6 Å². The van der Waals surface area contributed by atoms with E-state index in [1.54, 1.807) is 18.0 Å². The second-order valence-corrected chi connectivity index (χ2v) is 3.41. The van der Waals surface area contributed by atoms with Gasteiger partial charge in [-0.3, -0.25) is 10.1 Å². The van der Waals surface area contributed by atoms with E-state index < -0.39 is 11.9 Å². The van der Waals surface area contributed by atoms with Crippen molar-refractivity contribution in [2.24, 2.45) is 5.73 Å². The van der Waals surface area contributed by atoms with E-state index in [-0.39, 0.29) is 0 Å². The Hall–Kier alpha value is -0.980. The lowest BCUT2D eigenvalue weighted by atomic mass is 10.2. The molecule has 1 aromatic rings. The molecule has 0 aliphatic carbocycles. The predicted molar refractivity (Wildman–Crippen MR) is 53.9 cm³/mol. The lowest BCUT2D eigenvalue weighted by molar-refractivity contribution is -0.120. The molecule has 78 valence electrons. The fraction of sp³-hybridized carbons (Fsp3) is 0.500. The Labute approximate surface area is 86.3 Å². The molecular formula is C8H13N3O2S. The fourth-order valence-corrected chi connectivity index (χ4v) is 1.60. The first-order valence-electron chi connectivity index (χ1n) is 4.15. The largest absolute Gasteiger partial charge is 0.383 e. The molecule has 1 unspecified atom stereocenters. The zero-order valence-corrected chi connectivity index (χ0v) is 8.71. The SMILES string of the molecule is COCCNC(C(N)=O)c1cscn1. The molecule has 0 spiro atoms. The number of hydrogen-bond acceptors (Lipinski definition) is 5. The molecule has 0 bridgehead atoms. The first-order chi connectivity index (χ1) is 6.75. The number of hydrogen-bond donors (Lipinski definition) is 2. The van der Waals surface area contributed by atoms with Crippen LogP contribution in [0.15, 0.2) is 10.9 Å². The summed E-state index contributed by atoms with van der Waals surface area (Å²) in [4.78, 5) is 15.1. The highest BCUT2D eigenvalue weighted by atomic mass is 32.1. The van der Waals surface area contributed by atoms with E-state index in [9.17, 15) is 4.79 Å². The summed E-state index contributed by atoms with van der Waals surface area (Å²) < 4.78 is 4.86. The first-order valence-corrected chi connectivity index (χ1v) is 5.09. The summed E-state index contributed by atoms with van der Waals surface area (Å²) in [6.07, 6.45) is 0. The highest BCUT2D eigenvalue weighted by Crippen LogP contribution is 2.11. The number of thiazole rings is 1. The second-order valence-electron chi connectivity index (χ2n) is 2.70. The number of rotatable bonds is 6. The van der Waals surface area contributed by atoms with Gasteiger partial charge in [0.2, 0.25) is 5.91 Å². The van der Waals surface area contributed by atoms with Crippen LogP contribution >= 0.6 is 11.3 Å². The first kappa shape index (κ1) is 11.1. The summed E-state index contributed by atoms with van der Waals surface area (Å²) >= 11 is 1.43. The summed E-state index contributed by atoms with van der Waals surface area (Å²) in [5, 5.41) is 4.77. The molecule has 5 nitrogen and oxygen atoms in total. The van der Waals surface area contributed by atoms with Crippen LogP contribution in [-0.4, -0.2) is 31.2 Å². The van der Waals surface area contributed by atoms with Gasteiger partial charge in [-0.2, -0.15) is 0 Å². The van der Waals surface area contributed by atoms with E-state index in [0.29, 0.717) is 18.8 Å². The fourth-order valence-electron chi connectivity index (χ4n) is 1.02. The maximum absolute atomic E-state index is 11.1. The molecule has 0 fully saturated rings. The summed E-state index contributed by atoms with van der Waals surface area (Å²) in [6, 6.07) is -0.517. The van der Waals surface area contributed by atoms with E-state index in [4.69, 9.17) is 10.5 Å². The van der Waals surface area contributed by atoms with Gasteiger partial charge in [0.25, 0.3) is 0 Å². The number of nitrogens with two attached hydrogens (primary N) is 1. The number of carbonyl (C=O) groups is 1. The maximum Gasteiger partial charge on any atom is 0.240 e. The molecule has 0 saturated carbocycles. The van der Waals surface area contributed by atoms with Gasteiger partial charge in [-0.25, -0.2) is 4.98 Å². The van der Waals surface area contributed by atoms with E-state index in [1.807, 2.05) is 0 Å². The van der Waals surface area contributed by atoms with Gasteiger partial charge in [-0.05, 0) is 0 Å². The topological polar surface area (TPSA) is 77.2 Å². The van der Waals surface area contributed by atoms with Crippen LogP contribution in [0.1, 0.15) is 11.7 Å². The minimum Gasteiger partial charge on any atom is -0.383 e. The van der Waals surface area contributed by atoms with Crippen LogP contribution in [-0.2, 0) is 9.53 Å². The molecule has 6 heteroatoms. The van der Waals surface area contributed by atoms with Crippen LogP contribution in [0.5, 0.6) is 0 Å². The van der Waals surface area contributed by atoms with E-state index >= 15 is 0 Å². The molecule has 1 atom stereocenters. The molecule has 1 amide bonds. The number of primary amides is 1. The average Bonchev–Trinajstić information content (AvgIpc) is 2.64. The van der Waals surface area contributed by atoms with E-state index in [1.165, 1.54) is 11.3 Å². The van der Waals surface area contributed by atoms with Crippen LogP contribution in [0.2, 0.25) is 0 Å². The number of methoxy groups -OCH3 is 1. The van der Waals surface area contributed by atoms with Crippen LogP contribution in [0, 0.1) is 0 Å². The Kier molecular flexibility index (Phi) is 4.51. The van der Waals surface area contributed by atoms with Gasteiger partial charge in [-0.1, -0.05) is 0 Å². The third-order valence-electron chi connectivity index (χ3n) is 1.69. The van der Waals surface area contributed by atoms with Crippen molar-refractivity contribution >= 4 is 17.2 Å². The summed E-state index contributed by atoms with van der Waals surface area (Å²) in [5.74, 6) is -0.424. The van der Waals surface area contributed by atoms with Gasteiger partial charge in [0.15, 0.2) is 0 Å². The smallest absolute Gasteiger partial charge is 0.240 e. The molecule has 0 aliphatic heterocycles. The minimum absolute atomic E-state index is 0.424. The summed E-state index contributed by atoms with van der Waals surface area (Å²) in [6.45, 7) is 1.11. The molecule has 1 rings (SSSR count). The quantitative estimate of drug-likeness (QED) is 0.650. The molecule has 0 radical (unpaired) electrons. The Morgan fingerprint density at radius 1 is 1.86 bits per heavy atom. The lowest BCUT2D eigenvalue weighted by Crippen LogP contribution is -2.35. The highest BCUT2D eigenvalue weighted by molar-refractivity contribution is 7.07. The van der Waals surface area contributed by atoms with Crippen molar-refractivity contribution in [3.63, 3.8) is 0 Å². The zero-order valence-electron chi connectivity index (χ0n) is 7.90. The molecule has 1 aromatic heterocycles. The Morgan fingerprint density at radius 2 is 2.64 bits per heavy atom. The predicted octanol–water partition coefficient (Wildman–Crippen LogP) is -0.0945. The van der Waals surface area contributed by atoms with Gasteiger partial charge in [0.05, 0.1) is 17.8 Å². The van der Waals surface area contributed by atoms with Crippen molar-refractivity contribution in [2.45, 2.75) is 6.04 Å². The molecule has 14 heavy (non-hydrogen) atoms. The molecule has 3 N–H and O–H groups in total. The molecule has 1 heterocycles. The average molecular weight is 215 g/mol. The number of aromatic nitrogens is 1. The van der Waals surface area contributed by atoms with E-state index in [2.05, 4.69) is 10.3 Å². The summed E-state index contributed by atoms with van der Waals surface area (Å²) in [5.41, 5.74) is 7.57. The number of carbonyl (C=O) groups excluding carboxylic acids is 1. The number of nitrogens with zero attached hydrogens (tertiary/aromatic N) is 1. The lowest BCUT2D eigenvalue weighted by Gasteiger charge is -2.12. The second kappa shape index (κ2) is 5.69. The van der Waals surface area contributed by atoms with Crippen molar-refractivity contribution in [1.29, 1.82) is 0 Å². The number of nitrogens with one attached hydrogen (secondary N) is 1. The van der Waals surface area contributed by atoms with Crippen LogP contribution in [0.25, 0.3) is 0 Å². The standard InChI is InChI=1S/C8H13N3O2S/c1-13-3-2-10-7(8(9)12)6-4-14-5-11-6/h4-5,7,10H,2-3H2,1H3,(H2,9,12). The zero-order chi connectivity index (χ0) is 10.4. The molecule has 0 saturated heterocycles. The van der Waals surface area contributed by atoms with Gasteiger partial charge in [0, 0.05) is 19.0 Å². The third-order valence-corrected chi connectivity index (χ3v) is 2.29. The van der Waals surface area contributed by atoms with Gasteiger partial charge >= 0.3 is 0 Å². The Balaban J connectivity index is 2.52. The van der Waals surface area contributed by atoms with E-state index in [0.717, 1.165) is 0 Å². The molecule has 0 aromatic carbocycles. The van der Waals surface area contributed by atoms with Gasteiger partial charge < -0.3 is 10.5 Å². The highest BCUT2D eigenvalue weighted by Gasteiger charge is 2.18. The van der Waals surface area contributed by atoms with Gasteiger partial charge in [-0.15, -0.1) is 11.3 Å². The third kappa shape index (κ3) is 3.06. The van der Waals surface area contributed by atoms with Crippen LogP contribution < -0.4 is 11.1 Å². The molecular weight excluding hydrogens is 202 g/mol. The number of amides is 1. The Morgan fingerprint density at radius 3 is 3.14 bits per heavy atom. The monoisotopic (exact) mass is 215 g/mol. The van der Waals surface area contributed by atoms with Crippen LogP contribution in [0.4, 0.5) is 0 Å². The Bertz CT molecular complexity index is 276. The van der Waals surface area contributed by atoms with Crippen molar-refractivity contribution in [3.8, 4) is 0 Å². The van der Waals surface area contributed by atoms with Crippen molar-refractivity contribution < 1.29 is 9.53 Å². The molecule has 0 aliphatic rings. The van der Waals surface area contributed by atoms with Crippen molar-refractivity contribution in [1.82, 2.24) is 10.3 Å². The number of ether oxygens (including phenoxy) is 1. The normalized spacial score (nSPS) is 12.6. The minimum atomic E-state index is -0.517. The van der Waals surface area contributed by atoms with Crippen LogP contribution in [0.3, 0.4) is 0 Å². The van der Waals surface area contributed by atoms with Gasteiger partial charge in [0.1, 0.15) is 6.04 Å². The maximum atomic E-state index is 11.1. The summed E-state index contributed by atoms with van der Waals surface area (Å²) in [7, 11) is 1.60. The van der Waals surface area contributed by atoms with Crippen molar-refractivity contribution in [2.75, 3.05) is 20.3 Å².